The molecular weight excluding hydrogens is 298 g/mol. The molecule has 0 bridgehead atoms. The van der Waals surface area contributed by atoms with E-state index in [0.717, 1.165) is 58.0 Å². The number of nitrogens with one attached hydrogen (secondary N) is 1. The lowest BCUT2D eigenvalue weighted by Gasteiger charge is -2.40. The lowest BCUT2D eigenvalue weighted by atomic mass is 9.93. The molecular formula is C20H31N3O. The molecule has 132 valence electrons. The Hall–Kier alpha value is -1.39. The third kappa shape index (κ3) is 4.81. The van der Waals surface area contributed by atoms with Crippen LogP contribution in [0.25, 0.3) is 0 Å². The van der Waals surface area contributed by atoms with Crippen molar-refractivity contribution in [3.63, 3.8) is 0 Å². The topological polar surface area (TPSA) is 35.6 Å². The highest BCUT2D eigenvalue weighted by Gasteiger charge is 2.27. The van der Waals surface area contributed by atoms with Crippen molar-refractivity contribution in [3.8, 4) is 0 Å². The van der Waals surface area contributed by atoms with Gasteiger partial charge in [-0.25, -0.2) is 0 Å². The molecule has 1 amide bonds. The molecule has 0 radical (unpaired) electrons. The van der Waals surface area contributed by atoms with E-state index in [9.17, 15) is 4.79 Å². The molecule has 4 nitrogen and oxygen atoms in total. The second-order valence-corrected chi connectivity index (χ2v) is 7.39. The SMILES string of the molecule is C[C@@H]1CN(Cc2ccccc2)CCN1C(=O)CCC1CCNCC1. The summed E-state index contributed by atoms with van der Waals surface area (Å²) in [4.78, 5) is 17.2. The van der Waals surface area contributed by atoms with E-state index in [1.54, 1.807) is 0 Å². The third-order valence-electron chi connectivity index (χ3n) is 5.51. The maximum atomic E-state index is 12.6. The lowest BCUT2D eigenvalue weighted by Crippen LogP contribution is -2.53. The Bertz CT molecular complexity index is 513. The first-order valence-corrected chi connectivity index (χ1v) is 9.49. The van der Waals surface area contributed by atoms with Crippen molar-refractivity contribution in [2.75, 3.05) is 32.7 Å². The summed E-state index contributed by atoms with van der Waals surface area (Å²) < 4.78 is 0. The average Bonchev–Trinajstić information content (AvgIpc) is 2.61. The van der Waals surface area contributed by atoms with Crippen LogP contribution in [-0.4, -0.2) is 54.5 Å². The van der Waals surface area contributed by atoms with E-state index in [0.29, 0.717) is 11.9 Å². The highest BCUT2D eigenvalue weighted by molar-refractivity contribution is 5.76. The molecule has 1 aromatic rings. The van der Waals surface area contributed by atoms with Gasteiger partial charge in [-0.05, 0) is 50.8 Å². The second-order valence-electron chi connectivity index (χ2n) is 7.39. The number of rotatable bonds is 5. The Kier molecular flexibility index (Phi) is 6.27. The molecule has 0 saturated carbocycles. The fraction of sp³-hybridized carbons (Fsp3) is 0.650. The summed E-state index contributed by atoms with van der Waals surface area (Å²) in [5, 5.41) is 3.40. The first kappa shape index (κ1) is 17.4. The molecule has 2 fully saturated rings. The molecule has 3 rings (SSSR count). The summed E-state index contributed by atoms with van der Waals surface area (Å²) in [7, 11) is 0. The van der Waals surface area contributed by atoms with E-state index in [1.807, 2.05) is 0 Å². The van der Waals surface area contributed by atoms with Crippen LogP contribution in [0.15, 0.2) is 30.3 Å². The van der Waals surface area contributed by atoms with E-state index in [-0.39, 0.29) is 0 Å². The van der Waals surface area contributed by atoms with Gasteiger partial charge >= 0.3 is 0 Å². The number of hydrogen-bond donors (Lipinski definition) is 1. The highest BCUT2D eigenvalue weighted by Crippen LogP contribution is 2.20. The largest absolute Gasteiger partial charge is 0.337 e. The Morgan fingerprint density at radius 1 is 1.17 bits per heavy atom. The average molecular weight is 329 g/mol. The van der Waals surface area contributed by atoms with Gasteiger partial charge in [0, 0.05) is 38.6 Å². The van der Waals surface area contributed by atoms with Gasteiger partial charge in [-0.15, -0.1) is 0 Å². The zero-order valence-electron chi connectivity index (χ0n) is 14.9. The Morgan fingerprint density at radius 2 is 1.92 bits per heavy atom. The molecule has 0 spiro atoms. The number of piperazine rings is 1. The fourth-order valence-electron chi connectivity index (χ4n) is 4.03. The predicted molar refractivity (Wildman–Crippen MR) is 97.7 cm³/mol. The second kappa shape index (κ2) is 8.63. The summed E-state index contributed by atoms with van der Waals surface area (Å²) in [6.07, 6.45) is 4.26. The first-order chi connectivity index (χ1) is 11.7. The Balaban J connectivity index is 1.43. The molecule has 1 atom stereocenters. The van der Waals surface area contributed by atoms with Gasteiger partial charge in [0.15, 0.2) is 0 Å². The zero-order chi connectivity index (χ0) is 16.8. The number of carbonyl (C=O) groups is 1. The number of nitrogens with zero attached hydrogens (tertiary/aromatic N) is 2. The molecule has 2 heterocycles. The van der Waals surface area contributed by atoms with Crippen LogP contribution in [0, 0.1) is 5.92 Å². The molecule has 1 N–H and O–H groups in total. The van der Waals surface area contributed by atoms with Gasteiger partial charge in [0.05, 0.1) is 0 Å². The van der Waals surface area contributed by atoms with Crippen LogP contribution >= 0.6 is 0 Å². The van der Waals surface area contributed by atoms with Gasteiger partial charge in [0.25, 0.3) is 0 Å². The van der Waals surface area contributed by atoms with Crippen molar-refractivity contribution in [1.82, 2.24) is 15.1 Å². The molecule has 2 aliphatic rings. The van der Waals surface area contributed by atoms with Crippen molar-refractivity contribution >= 4 is 5.91 Å². The Labute approximate surface area is 146 Å². The van der Waals surface area contributed by atoms with Crippen LogP contribution in [0.2, 0.25) is 0 Å². The van der Waals surface area contributed by atoms with Gasteiger partial charge < -0.3 is 10.2 Å². The zero-order valence-corrected chi connectivity index (χ0v) is 14.9. The number of amides is 1. The van der Waals surface area contributed by atoms with Crippen LogP contribution in [0.5, 0.6) is 0 Å². The number of hydrogen-bond acceptors (Lipinski definition) is 3. The van der Waals surface area contributed by atoms with E-state index in [4.69, 9.17) is 0 Å². The van der Waals surface area contributed by atoms with E-state index in [2.05, 4.69) is 52.4 Å². The van der Waals surface area contributed by atoms with E-state index in [1.165, 1.54) is 18.4 Å². The highest BCUT2D eigenvalue weighted by atomic mass is 16.2. The van der Waals surface area contributed by atoms with Crippen molar-refractivity contribution in [1.29, 1.82) is 0 Å². The van der Waals surface area contributed by atoms with Crippen LogP contribution in [0.4, 0.5) is 0 Å². The molecule has 0 aliphatic carbocycles. The standard InChI is InChI=1S/C20H31N3O/c1-17-15-22(16-19-5-3-2-4-6-19)13-14-23(17)20(24)8-7-18-9-11-21-12-10-18/h2-6,17-18,21H,7-16H2,1H3/t17-/m1/s1. The summed E-state index contributed by atoms with van der Waals surface area (Å²) in [6.45, 7) is 8.26. The molecule has 24 heavy (non-hydrogen) atoms. The molecule has 2 saturated heterocycles. The van der Waals surface area contributed by atoms with Crippen LogP contribution in [0.1, 0.15) is 38.2 Å². The van der Waals surface area contributed by atoms with E-state index >= 15 is 0 Å². The quantitative estimate of drug-likeness (QED) is 0.901. The fourth-order valence-corrected chi connectivity index (χ4v) is 4.03. The number of carbonyl (C=O) groups excluding carboxylic acids is 1. The number of benzene rings is 1. The molecule has 0 aromatic heterocycles. The van der Waals surface area contributed by atoms with Crippen molar-refractivity contribution < 1.29 is 4.79 Å². The summed E-state index contributed by atoms with van der Waals surface area (Å²) >= 11 is 0. The van der Waals surface area contributed by atoms with Gasteiger partial charge in [0.2, 0.25) is 5.91 Å². The molecule has 4 heteroatoms. The Morgan fingerprint density at radius 3 is 2.62 bits per heavy atom. The van der Waals surface area contributed by atoms with Gasteiger partial charge in [-0.2, -0.15) is 0 Å². The minimum Gasteiger partial charge on any atom is -0.337 e. The normalized spacial score (nSPS) is 23.4. The van der Waals surface area contributed by atoms with E-state index < -0.39 is 0 Å². The molecule has 1 aromatic carbocycles. The molecule has 2 aliphatic heterocycles. The van der Waals surface area contributed by atoms with Crippen molar-refractivity contribution in [2.45, 2.75) is 45.2 Å². The maximum absolute atomic E-state index is 12.6. The number of piperidine rings is 1. The molecule has 0 unspecified atom stereocenters. The predicted octanol–water partition coefficient (Wildman–Crippen LogP) is 2.50. The van der Waals surface area contributed by atoms with Crippen LogP contribution in [-0.2, 0) is 11.3 Å². The van der Waals surface area contributed by atoms with Gasteiger partial charge in [-0.3, -0.25) is 9.69 Å². The van der Waals surface area contributed by atoms with Crippen LogP contribution in [0.3, 0.4) is 0 Å². The lowest BCUT2D eigenvalue weighted by molar-refractivity contribution is -0.136. The van der Waals surface area contributed by atoms with Crippen molar-refractivity contribution in [2.24, 2.45) is 5.92 Å². The minimum absolute atomic E-state index is 0.322. The minimum atomic E-state index is 0.322. The summed E-state index contributed by atoms with van der Waals surface area (Å²) in [5.41, 5.74) is 1.36. The summed E-state index contributed by atoms with van der Waals surface area (Å²) in [6, 6.07) is 10.9. The van der Waals surface area contributed by atoms with Crippen molar-refractivity contribution in [3.05, 3.63) is 35.9 Å². The van der Waals surface area contributed by atoms with Crippen LogP contribution < -0.4 is 5.32 Å². The van der Waals surface area contributed by atoms with Gasteiger partial charge in [0.1, 0.15) is 0 Å². The maximum Gasteiger partial charge on any atom is 0.222 e. The first-order valence-electron chi connectivity index (χ1n) is 9.49. The smallest absolute Gasteiger partial charge is 0.222 e. The third-order valence-corrected chi connectivity index (χ3v) is 5.51. The van der Waals surface area contributed by atoms with Gasteiger partial charge in [-0.1, -0.05) is 30.3 Å². The summed E-state index contributed by atoms with van der Waals surface area (Å²) in [5.74, 6) is 1.10. The monoisotopic (exact) mass is 329 g/mol.